The summed E-state index contributed by atoms with van der Waals surface area (Å²) in [6, 6.07) is 5.17. The Labute approximate surface area is 103 Å². The van der Waals surface area contributed by atoms with E-state index in [1.807, 2.05) is 12.3 Å². The second-order valence-electron chi connectivity index (χ2n) is 3.34. The third-order valence-corrected chi connectivity index (χ3v) is 3.13. The number of thiazole rings is 1. The highest BCUT2D eigenvalue weighted by molar-refractivity contribution is 7.09. The number of ether oxygens (including phenoxy) is 1. The molecule has 0 aliphatic heterocycles. The van der Waals surface area contributed by atoms with Gasteiger partial charge in [-0.2, -0.15) is 0 Å². The van der Waals surface area contributed by atoms with Crippen molar-refractivity contribution in [3.8, 4) is 5.75 Å². The molecule has 0 aliphatic rings. The fourth-order valence-electron chi connectivity index (χ4n) is 1.26. The van der Waals surface area contributed by atoms with Crippen LogP contribution in [0.3, 0.4) is 0 Å². The zero-order valence-corrected chi connectivity index (χ0v) is 10.3. The molecule has 2 aromatic rings. The number of anilines is 1. The molecule has 0 saturated heterocycles. The molecule has 5 heteroatoms. The van der Waals surface area contributed by atoms with E-state index < -0.39 is 0 Å². The first-order valence-corrected chi connectivity index (χ1v) is 6.00. The smallest absolute Gasteiger partial charge is 0.140 e. The zero-order valence-electron chi connectivity index (χ0n) is 8.74. The molecular formula is C11H11ClN2OS. The Hall–Kier alpha value is -1.26. The van der Waals surface area contributed by atoms with Gasteiger partial charge >= 0.3 is 0 Å². The fourth-order valence-corrected chi connectivity index (χ4v) is 2.03. The Balaban J connectivity index is 2.07. The minimum Gasteiger partial charge on any atom is -0.486 e. The van der Waals surface area contributed by atoms with E-state index in [0.717, 1.165) is 10.7 Å². The van der Waals surface area contributed by atoms with Gasteiger partial charge in [0.2, 0.25) is 0 Å². The van der Waals surface area contributed by atoms with E-state index in [1.165, 1.54) is 0 Å². The number of nitrogens with zero attached hydrogens (tertiary/aromatic N) is 1. The van der Waals surface area contributed by atoms with Crippen LogP contribution in [0.25, 0.3) is 0 Å². The number of aromatic nitrogens is 1. The Morgan fingerprint density at radius 1 is 1.50 bits per heavy atom. The van der Waals surface area contributed by atoms with Crippen molar-refractivity contribution in [1.82, 2.24) is 4.98 Å². The van der Waals surface area contributed by atoms with E-state index in [9.17, 15) is 0 Å². The summed E-state index contributed by atoms with van der Waals surface area (Å²) in [6.07, 6.45) is 0. The van der Waals surface area contributed by atoms with Gasteiger partial charge in [0.15, 0.2) is 0 Å². The molecule has 1 aromatic carbocycles. The number of nitrogens with two attached hydrogens (primary N) is 1. The monoisotopic (exact) mass is 254 g/mol. The molecule has 16 heavy (non-hydrogen) atoms. The van der Waals surface area contributed by atoms with E-state index in [1.54, 1.807) is 29.5 Å². The van der Waals surface area contributed by atoms with Crippen LogP contribution in [0.4, 0.5) is 5.69 Å². The summed E-state index contributed by atoms with van der Waals surface area (Å²) < 4.78 is 5.55. The van der Waals surface area contributed by atoms with Gasteiger partial charge in [-0.25, -0.2) is 4.98 Å². The number of hydrogen-bond donors (Lipinski definition) is 1. The quantitative estimate of drug-likeness (QED) is 0.856. The van der Waals surface area contributed by atoms with Crippen LogP contribution < -0.4 is 10.5 Å². The number of aryl methyl sites for hydroxylation is 1. The molecule has 1 aromatic heterocycles. The normalized spacial score (nSPS) is 10.4. The molecule has 3 nitrogen and oxygen atoms in total. The Kier molecular flexibility index (Phi) is 3.31. The molecule has 2 N–H and O–H groups in total. The first kappa shape index (κ1) is 11.2. The molecule has 0 amide bonds. The highest BCUT2D eigenvalue weighted by atomic mass is 35.5. The fraction of sp³-hybridized carbons (Fsp3) is 0.182. The Bertz CT molecular complexity index is 498. The number of hydrogen-bond acceptors (Lipinski definition) is 4. The zero-order chi connectivity index (χ0) is 11.5. The van der Waals surface area contributed by atoms with Gasteiger partial charge in [0, 0.05) is 17.1 Å². The molecule has 0 radical (unpaired) electrons. The second kappa shape index (κ2) is 4.72. The molecule has 0 saturated carbocycles. The van der Waals surface area contributed by atoms with Gasteiger partial charge in [0.05, 0.1) is 15.7 Å². The molecule has 1 heterocycles. The average Bonchev–Trinajstić information content (AvgIpc) is 2.66. The lowest BCUT2D eigenvalue weighted by atomic mass is 10.3. The first-order valence-electron chi connectivity index (χ1n) is 4.74. The van der Waals surface area contributed by atoms with Crippen molar-refractivity contribution in [2.24, 2.45) is 0 Å². The third-order valence-electron chi connectivity index (χ3n) is 2.00. The molecule has 84 valence electrons. The number of benzene rings is 1. The van der Waals surface area contributed by atoms with Crippen LogP contribution in [0.2, 0.25) is 5.02 Å². The standard InChI is InChI=1S/C11H11ClN2OS/c1-7-14-9(6-16-7)5-15-11-4-8(13)2-3-10(11)12/h2-4,6H,5,13H2,1H3. The van der Waals surface area contributed by atoms with Gasteiger partial charge in [-0.3, -0.25) is 0 Å². The summed E-state index contributed by atoms with van der Waals surface area (Å²) >= 11 is 7.57. The average molecular weight is 255 g/mol. The van der Waals surface area contributed by atoms with Crippen LogP contribution in [-0.2, 0) is 6.61 Å². The van der Waals surface area contributed by atoms with E-state index in [0.29, 0.717) is 23.1 Å². The summed E-state index contributed by atoms with van der Waals surface area (Å²) in [7, 11) is 0. The molecule has 0 bridgehead atoms. The van der Waals surface area contributed by atoms with Gasteiger partial charge < -0.3 is 10.5 Å². The number of nitrogen functional groups attached to an aromatic ring is 1. The highest BCUT2D eigenvalue weighted by Gasteiger charge is 2.04. The van der Waals surface area contributed by atoms with E-state index in [2.05, 4.69) is 4.98 Å². The van der Waals surface area contributed by atoms with Crippen molar-refractivity contribution in [3.63, 3.8) is 0 Å². The van der Waals surface area contributed by atoms with Crippen LogP contribution in [0.1, 0.15) is 10.7 Å². The minimum atomic E-state index is 0.410. The summed E-state index contributed by atoms with van der Waals surface area (Å²) in [5, 5.41) is 3.55. The third kappa shape index (κ3) is 2.65. The van der Waals surface area contributed by atoms with Crippen molar-refractivity contribution in [1.29, 1.82) is 0 Å². The highest BCUT2D eigenvalue weighted by Crippen LogP contribution is 2.27. The number of rotatable bonds is 3. The Morgan fingerprint density at radius 2 is 2.31 bits per heavy atom. The van der Waals surface area contributed by atoms with Crippen molar-refractivity contribution in [2.75, 3.05) is 5.73 Å². The lowest BCUT2D eigenvalue weighted by molar-refractivity contribution is 0.302. The van der Waals surface area contributed by atoms with Crippen LogP contribution >= 0.6 is 22.9 Å². The summed E-state index contributed by atoms with van der Waals surface area (Å²) in [6.45, 7) is 2.37. The molecule has 0 unspecified atom stereocenters. The van der Waals surface area contributed by atoms with Crippen LogP contribution in [0.15, 0.2) is 23.6 Å². The SMILES string of the molecule is Cc1nc(COc2cc(N)ccc2Cl)cs1. The summed E-state index contributed by atoms with van der Waals surface area (Å²) in [5.74, 6) is 0.590. The van der Waals surface area contributed by atoms with Gasteiger partial charge in [-0.15, -0.1) is 11.3 Å². The second-order valence-corrected chi connectivity index (χ2v) is 4.81. The van der Waals surface area contributed by atoms with Crippen molar-refractivity contribution in [3.05, 3.63) is 39.3 Å². The number of halogens is 1. The summed E-state index contributed by atoms with van der Waals surface area (Å²) in [5.41, 5.74) is 7.19. The topological polar surface area (TPSA) is 48.1 Å². The van der Waals surface area contributed by atoms with Gasteiger partial charge in [-0.1, -0.05) is 11.6 Å². The Morgan fingerprint density at radius 3 is 3.00 bits per heavy atom. The van der Waals surface area contributed by atoms with Gasteiger partial charge in [-0.05, 0) is 19.1 Å². The predicted octanol–water partition coefficient (Wildman–Crippen LogP) is 3.27. The molecule has 0 aliphatic carbocycles. The van der Waals surface area contributed by atoms with Crippen molar-refractivity contribution in [2.45, 2.75) is 13.5 Å². The van der Waals surface area contributed by atoms with E-state index in [-0.39, 0.29) is 0 Å². The predicted molar refractivity (Wildman–Crippen MR) is 67.0 cm³/mol. The maximum Gasteiger partial charge on any atom is 0.140 e. The lowest BCUT2D eigenvalue weighted by Crippen LogP contribution is -1.97. The molecule has 0 fully saturated rings. The molecular weight excluding hydrogens is 244 g/mol. The van der Waals surface area contributed by atoms with Crippen LogP contribution in [-0.4, -0.2) is 4.98 Å². The minimum absolute atomic E-state index is 0.410. The van der Waals surface area contributed by atoms with Crippen molar-refractivity contribution >= 4 is 28.6 Å². The van der Waals surface area contributed by atoms with E-state index >= 15 is 0 Å². The molecule has 0 spiro atoms. The van der Waals surface area contributed by atoms with Crippen molar-refractivity contribution < 1.29 is 4.74 Å². The maximum atomic E-state index is 5.97. The molecule has 2 rings (SSSR count). The summed E-state index contributed by atoms with van der Waals surface area (Å²) in [4.78, 5) is 4.30. The van der Waals surface area contributed by atoms with E-state index in [4.69, 9.17) is 22.1 Å². The maximum absolute atomic E-state index is 5.97. The van der Waals surface area contributed by atoms with Gasteiger partial charge in [0.25, 0.3) is 0 Å². The van der Waals surface area contributed by atoms with Gasteiger partial charge in [0.1, 0.15) is 12.4 Å². The molecule has 0 atom stereocenters. The first-order chi connectivity index (χ1) is 7.65. The largest absolute Gasteiger partial charge is 0.486 e. The van der Waals surface area contributed by atoms with Crippen LogP contribution in [0, 0.1) is 6.92 Å². The van der Waals surface area contributed by atoms with Crippen LogP contribution in [0.5, 0.6) is 5.75 Å². The lowest BCUT2D eigenvalue weighted by Gasteiger charge is -2.06.